The second kappa shape index (κ2) is 6.19. The highest BCUT2D eigenvalue weighted by Crippen LogP contribution is 2.19. The van der Waals surface area contributed by atoms with E-state index in [0.29, 0.717) is 19.5 Å². The molecule has 1 saturated heterocycles. The van der Waals surface area contributed by atoms with E-state index in [9.17, 15) is 14.0 Å². The van der Waals surface area contributed by atoms with Gasteiger partial charge in [0, 0.05) is 31.3 Å². The molecule has 1 unspecified atom stereocenters. The number of rotatable bonds is 2. The van der Waals surface area contributed by atoms with Gasteiger partial charge in [0.15, 0.2) is 0 Å². The molecule has 20 heavy (non-hydrogen) atoms. The van der Waals surface area contributed by atoms with E-state index in [-0.39, 0.29) is 23.2 Å². The molecule has 2 rings (SSSR count). The molecule has 2 amide bonds. The molecule has 7 heteroatoms. The van der Waals surface area contributed by atoms with Gasteiger partial charge in [-0.25, -0.2) is 4.39 Å². The topological polar surface area (TPSA) is 69.6 Å². The molecule has 108 valence electrons. The van der Waals surface area contributed by atoms with Crippen molar-refractivity contribution in [2.45, 2.75) is 6.42 Å². The first-order chi connectivity index (χ1) is 9.51. The highest BCUT2D eigenvalue weighted by Gasteiger charge is 2.29. The Labute approximate surface area is 120 Å². The molecule has 5 nitrogen and oxygen atoms in total. The number of nitrogens with one attached hydrogen (secondary N) is 1. The minimum atomic E-state index is -0.828. The molecule has 1 aromatic rings. The number of nitrogens with zero attached hydrogens (tertiary/aromatic N) is 1. The van der Waals surface area contributed by atoms with Crippen LogP contribution in [-0.4, -0.2) is 41.5 Å². The van der Waals surface area contributed by atoms with Gasteiger partial charge in [0.25, 0.3) is 0 Å². The third-order valence-corrected chi connectivity index (χ3v) is 3.51. The van der Waals surface area contributed by atoms with E-state index in [4.69, 9.17) is 16.7 Å². The normalized spacial score (nSPS) is 18.1. The molecule has 1 heterocycles. The summed E-state index contributed by atoms with van der Waals surface area (Å²) < 4.78 is 13.2. The third kappa shape index (κ3) is 3.26. The Morgan fingerprint density at radius 1 is 1.50 bits per heavy atom. The maximum atomic E-state index is 13.2. The van der Waals surface area contributed by atoms with Gasteiger partial charge in [-0.3, -0.25) is 9.59 Å². The zero-order valence-corrected chi connectivity index (χ0v) is 11.4. The fraction of sp³-hybridized carbons (Fsp3) is 0.385. The lowest BCUT2D eigenvalue weighted by molar-refractivity contribution is -0.142. The van der Waals surface area contributed by atoms with Crippen molar-refractivity contribution in [1.29, 1.82) is 0 Å². The van der Waals surface area contributed by atoms with Gasteiger partial charge in [-0.1, -0.05) is 11.6 Å². The molecule has 1 fully saturated rings. The Bertz CT molecular complexity index is 538. The molecule has 1 atom stereocenters. The summed E-state index contributed by atoms with van der Waals surface area (Å²) in [7, 11) is 0. The molecular weight excluding hydrogens is 287 g/mol. The highest BCUT2D eigenvalue weighted by molar-refractivity contribution is 6.39. The summed E-state index contributed by atoms with van der Waals surface area (Å²) in [5.74, 6) is -2.17. The second-order valence-electron chi connectivity index (χ2n) is 4.67. The summed E-state index contributed by atoms with van der Waals surface area (Å²) in [5, 5.41) is 11.3. The van der Waals surface area contributed by atoms with Gasteiger partial charge < -0.3 is 15.3 Å². The van der Waals surface area contributed by atoms with Crippen molar-refractivity contribution >= 4 is 29.1 Å². The van der Waals surface area contributed by atoms with Crippen molar-refractivity contribution in [1.82, 2.24) is 4.90 Å². The van der Waals surface area contributed by atoms with Gasteiger partial charge in [-0.05, 0) is 24.6 Å². The number of likely N-dealkylation sites (tertiary alicyclic amines) is 1. The van der Waals surface area contributed by atoms with E-state index in [0.717, 1.165) is 6.07 Å². The summed E-state index contributed by atoms with van der Waals surface area (Å²) in [5.41, 5.74) is 0.170. The summed E-state index contributed by atoms with van der Waals surface area (Å²) in [6, 6.07) is 3.76. The number of aliphatic hydroxyl groups excluding tert-OH is 1. The third-order valence-electron chi connectivity index (χ3n) is 3.20. The highest BCUT2D eigenvalue weighted by atomic mass is 35.5. The van der Waals surface area contributed by atoms with Crippen LogP contribution in [0.25, 0.3) is 0 Å². The summed E-state index contributed by atoms with van der Waals surface area (Å²) in [6.07, 6.45) is 0.672. The van der Waals surface area contributed by atoms with Crippen LogP contribution in [0.3, 0.4) is 0 Å². The minimum Gasteiger partial charge on any atom is -0.396 e. The van der Waals surface area contributed by atoms with Gasteiger partial charge in [0.1, 0.15) is 5.82 Å². The molecule has 0 saturated carbocycles. The molecule has 1 aromatic carbocycles. The fourth-order valence-electron chi connectivity index (χ4n) is 2.07. The van der Waals surface area contributed by atoms with Crippen molar-refractivity contribution in [2.75, 3.05) is 25.0 Å². The number of carbonyl (C=O) groups excluding carboxylic acids is 2. The zero-order chi connectivity index (χ0) is 14.7. The predicted octanol–water partition coefficient (Wildman–Crippen LogP) is 1.26. The minimum absolute atomic E-state index is 0.00616. The van der Waals surface area contributed by atoms with Gasteiger partial charge >= 0.3 is 11.8 Å². The molecule has 0 aromatic heterocycles. The predicted molar refractivity (Wildman–Crippen MR) is 71.8 cm³/mol. The van der Waals surface area contributed by atoms with E-state index in [1.807, 2.05) is 0 Å². The first kappa shape index (κ1) is 14.7. The summed E-state index contributed by atoms with van der Waals surface area (Å²) >= 11 is 5.53. The van der Waals surface area contributed by atoms with Crippen LogP contribution in [0.15, 0.2) is 18.2 Å². The second-order valence-corrected chi connectivity index (χ2v) is 5.08. The van der Waals surface area contributed by atoms with Crippen LogP contribution in [0.4, 0.5) is 10.1 Å². The smallest absolute Gasteiger partial charge is 0.313 e. The first-order valence-electron chi connectivity index (χ1n) is 6.17. The number of aliphatic hydroxyl groups is 1. The van der Waals surface area contributed by atoms with Crippen molar-refractivity contribution < 1.29 is 19.1 Å². The molecule has 1 aliphatic rings. The van der Waals surface area contributed by atoms with Gasteiger partial charge in [0.05, 0.1) is 5.02 Å². The van der Waals surface area contributed by atoms with Crippen LogP contribution in [0.2, 0.25) is 5.02 Å². The Morgan fingerprint density at radius 2 is 2.25 bits per heavy atom. The van der Waals surface area contributed by atoms with Crippen LogP contribution in [0.5, 0.6) is 0 Å². The average Bonchev–Trinajstić information content (AvgIpc) is 2.91. The van der Waals surface area contributed by atoms with Crippen LogP contribution in [-0.2, 0) is 9.59 Å². The monoisotopic (exact) mass is 300 g/mol. The lowest BCUT2D eigenvalue weighted by Crippen LogP contribution is -2.38. The quantitative estimate of drug-likeness (QED) is 0.808. The number of hydrogen-bond acceptors (Lipinski definition) is 3. The first-order valence-corrected chi connectivity index (χ1v) is 6.55. The Hall–Kier alpha value is -1.66. The van der Waals surface area contributed by atoms with Gasteiger partial charge in [0.2, 0.25) is 0 Å². The Balaban J connectivity index is 1.97. The van der Waals surface area contributed by atoms with Crippen LogP contribution < -0.4 is 5.32 Å². The lowest BCUT2D eigenvalue weighted by atomic mass is 10.1. The average molecular weight is 301 g/mol. The number of amides is 2. The maximum absolute atomic E-state index is 13.2. The number of halogens is 2. The lowest BCUT2D eigenvalue weighted by Gasteiger charge is -2.15. The van der Waals surface area contributed by atoms with Crippen molar-refractivity contribution in [3.05, 3.63) is 29.0 Å². The molecule has 0 aliphatic carbocycles. The largest absolute Gasteiger partial charge is 0.396 e. The number of hydrogen-bond donors (Lipinski definition) is 2. The van der Waals surface area contributed by atoms with E-state index in [1.54, 1.807) is 0 Å². The Kier molecular flexibility index (Phi) is 4.57. The van der Waals surface area contributed by atoms with Crippen LogP contribution in [0.1, 0.15) is 6.42 Å². The molecule has 2 N–H and O–H groups in total. The van der Waals surface area contributed by atoms with Crippen molar-refractivity contribution in [3.8, 4) is 0 Å². The van der Waals surface area contributed by atoms with Crippen LogP contribution >= 0.6 is 11.6 Å². The molecule has 0 spiro atoms. The van der Waals surface area contributed by atoms with E-state index in [1.165, 1.54) is 17.0 Å². The number of benzene rings is 1. The van der Waals surface area contributed by atoms with Crippen molar-refractivity contribution in [3.63, 3.8) is 0 Å². The fourth-order valence-corrected chi connectivity index (χ4v) is 2.19. The van der Waals surface area contributed by atoms with Crippen molar-refractivity contribution in [2.24, 2.45) is 5.92 Å². The maximum Gasteiger partial charge on any atom is 0.313 e. The number of carbonyl (C=O) groups is 2. The van der Waals surface area contributed by atoms with E-state index < -0.39 is 17.6 Å². The standard InChI is InChI=1S/C13H14ClFN2O3/c14-10-2-1-9(5-11(10)15)16-12(19)13(20)17-4-3-8(6-17)7-18/h1-2,5,8,18H,3-4,6-7H2,(H,16,19). The van der Waals surface area contributed by atoms with E-state index in [2.05, 4.69) is 5.32 Å². The van der Waals surface area contributed by atoms with E-state index >= 15 is 0 Å². The summed E-state index contributed by atoms with van der Waals surface area (Å²) in [4.78, 5) is 25.0. The zero-order valence-electron chi connectivity index (χ0n) is 10.6. The van der Waals surface area contributed by atoms with Crippen LogP contribution in [0, 0.1) is 11.7 Å². The SMILES string of the molecule is O=C(Nc1ccc(Cl)c(F)c1)C(=O)N1CCC(CO)C1. The molecule has 0 bridgehead atoms. The molecule has 0 radical (unpaired) electrons. The number of anilines is 1. The molecular formula is C13H14ClFN2O3. The van der Waals surface area contributed by atoms with Gasteiger partial charge in [-0.2, -0.15) is 0 Å². The summed E-state index contributed by atoms with van der Waals surface area (Å²) in [6.45, 7) is 0.790. The Morgan fingerprint density at radius 3 is 2.85 bits per heavy atom. The molecule has 1 aliphatic heterocycles. The van der Waals surface area contributed by atoms with Gasteiger partial charge in [-0.15, -0.1) is 0 Å².